The highest BCUT2D eigenvalue weighted by Crippen LogP contribution is 2.33. The van der Waals surface area contributed by atoms with Gasteiger partial charge in [0.15, 0.2) is 0 Å². The third-order valence-electron chi connectivity index (χ3n) is 1.23. The highest BCUT2D eigenvalue weighted by Gasteiger charge is 2.19. The number of alkyl halides is 1. The molecule has 0 aromatic carbocycles. The summed E-state index contributed by atoms with van der Waals surface area (Å²) >= 11 is 6.76. The normalized spacial score (nSPS) is 35.7. The molecule has 1 aliphatic carbocycles. The summed E-state index contributed by atoms with van der Waals surface area (Å²) in [6.07, 6.45) is 2.57. The van der Waals surface area contributed by atoms with Crippen LogP contribution in [-0.2, 0) is 0 Å². The Morgan fingerprint density at radius 1 is 1.71 bits per heavy atom. The molecule has 0 heterocycles. The van der Waals surface area contributed by atoms with Crippen molar-refractivity contribution in [1.82, 2.24) is 0 Å². The first-order valence-corrected chi connectivity index (χ1v) is 4.11. The quantitative estimate of drug-likeness (QED) is 0.557. The highest BCUT2D eigenvalue weighted by atomic mass is 79.9. The van der Waals surface area contributed by atoms with E-state index in [9.17, 15) is 0 Å². The molecule has 1 rings (SSSR count). The SMILES string of the molecule is BrC=C1CCC1Br. The third-order valence-corrected chi connectivity index (χ3v) is 2.86. The van der Waals surface area contributed by atoms with Crippen LogP contribution in [0.15, 0.2) is 10.6 Å². The predicted octanol–water partition coefficient (Wildman–Crippen LogP) is 2.82. The molecule has 0 spiro atoms. The van der Waals surface area contributed by atoms with Gasteiger partial charge in [0, 0.05) is 4.83 Å². The zero-order valence-electron chi connectivity index (χ0n) is 3.82. The smallest absolute Gasteiger partial charge is 0.0365 e. The van der Waals surface area contributed by atoms with Gasteiger partial charge in [0.1, 0.15) is 0 Å². The number of rotatable bonds is 0. The standard InChI is InChI=1S/C5H6Br2/c6-3-4-1-2-5(4)7/h3,5H,1-2H2. The second-order valence-corrected chi connectivity index (χ2v) is 3.25. The topological polar surface area (TPSA) is 0 Å². The van der Waals surface area contributed by atoms with Crippen LogP contribution in [-0.4, -0.2) is 4.83 Å². The van der Waals surface area contributed by atoms with E-state index in [-0.39, 0.29) is 0 Å². The van der Waals surface area contributed by atoms with Gasteiger partial charge in [0.05, 0.1) is 0 Å². The second kappa shape index (κ2) is 2.31. The fourth-order valence-electron chi connectivity index (χ4n) is 0.543. The van der Waals surface area contributed by atoms with E-state index in [1.165, 1.54) is 18.4 Å². The van der Waals surface area contributed by atoms with E-state index in [1.807, 2.05) is 4.99 Å². The minimum Gasteiger partial charge on any atom is -0.0842 e. The number of allylic oxidation sites excluding steroid dienone is 1. The zero-order valence-corrected chi connectivity index (χ0v) is 7.00. The maximum atomic E-state index is 3.49. The van der Waals surface area contributed by atoms with Crippen LogP contribution in [0, 0.1) is 0 Å². The third kappa shape index (κ3) is 1.08. The molecule has 0 aliphatic heterocycles. The van der Waals surface area contributed by atoms with Gasteiger partial charge in [-0.3, -0.25) is 0 Å². The van der Waals surface area contributed by atoms with E-state index < -0.39 is 0 Å². The molecule has 0 bridgehead atoms. The van der Waals surface area contributed by atoms with Gasteiger partial charge >= 0.3 is 0 Å². The lowest BCUT2D eigenvalue weighted by Gasteiger charge is -2.22. The van der Waals surface area contributed by atoms with Crippen LogP contribution in [0.4, 0.5) is 0 Å². The fourth-order valence-corrected chi connectivity index (χ4v) is 2.04. The molecule has 0 aromatic rings. The largest absolute Gasteiger partial charge is 0.0842 e. The van der Waals surface area contributed by atoms with Gasteiger partial charge < -0.3 is 0 Å². The van der Waals surface area contributed by atoms with Crippen molar-refractivity contribution < 1.29 is 0 Å². The molecule has 1 aliphatic rings. The van der Waals surface area contributed by atoms with E-state index >= 15 is 0 Å². The van der Waals surface area contributed by atoms with Crippen molar-refractivity contribution in [1.29, 1.82) is 0 Å². The fraction of sp³-hybridized carbons (Fsp3) is 0.600. The molecular formula is C5H6Br2. The molecule has 1 fully saturated rings. The lowest BCUT2D eigenvalue weighted by molar-refractivity contribution is 0.693. The van der Waals surface area contributed by atoms with Crippen LogP contribution in [0.25, 0.3) is 0 Å². The summed E-state index contributed by atoms with van der Waals surface area (Å²) in [6.45, 7) is 0. The van der Waals surface area contributed by atoms with Crippen LogP contribution in [0.2, 0.25) is 0 Å². The molecular weight excluding hydrogens is 220 g/mol. The molecule has 1 atom stereocenters. The van der Waals surface area contributed by atoms with Gasteiger partial charge in [-0.15, -0.1) is 0 Å². The summed E-state index contributed by atoms with van der Waals surface area (Å²) in [5.41, 5.74) is 1.49. The molecule has 0 aromatic heterocycles. The van der Waals surface area contributed by atoms with Crippen LogP contribution in [0.3, 0.4) is 0 Å². The van der Waals surface area contributed by atoms with Crippen molar-refractivity contribution in [3.05, 3.63) is 10.6 Å². The summed E-state index contributed by atoms with van der Waals surface area (Å²) < 4.78 is 0. The van der Waals surface area contributed by atoms with Gasteiger partial charge in [-0.2, -0.15) is 0 Å². The van der Waals surface area contributed by atoms with Crippen molar-refractivity contribution in [2.75, 3.05) is 0 Å². The molecule has 1 unspecified atom stereocenters. The van der Waals surface area contributed by atoms with E-state index in [1.54, 1.807) is 0 Å². The number of hydrogen-bond acceptors (Lipinski definition) is 0. The lowest BCUT2D eigenvalue weighted by atomic mass is 9.94. The Balaban J connectivity index is 2.44. The van der Waals surface area contributed by atoms with Crippen LogP contribution >= 0.6 is 31.9 Å². The molecule has 0 amide bonds. The van der Waals surface area contributed by atoms with E-state index in [0.717, 1.165) is 0 Å². The first-order chi connectivity index (χ1) is 3.34. The first kappa shape index (κ1) is 5.83. The number of halogens is 2. The van der Waals surface area contributed by atoms with Crippen molar-refractivity contribution >= 4 is 31.9 Å². The average molecular weight is 226 g/mol. The van der Waals surface area contributed by atoms with Gasteiger partial charge in [0.25, 0.3) is 0 Å². The number of hydrogen-bond donors (Lipinski definition) is 0. The lowest BCUT2D eigenvalue weighted by Crippen LogP contribution is -2.13. The minimum atomic E-state index is 0.673. The summed E-state index contributed by atoms with van der Waals surface area (Å²) in [6, 6.07) is 0. The molecule has 1 saturated carbocycles. The van der Waals surface area contributed by atoms with Crippen LogP contribution in [0.1, 0.15) is 12.8 Å². The Bertz CT molecular complexity index is 96.3. The summed E-state index contributed by atoms with van der Waals surface area (Å²) in [5.74, 6) is 0. The second-order valence-electron chi connectivity index (χ2n) is 1.69. The van der Waals surface area contributed by atoms with E-state index in [4.69, 9.17) is 0 Å². The highest BCUT2D eigenvalue weighted by molar-refractivity contribution is 9.11. The van der Waals surface area contributed by atoms with Gasteiger partial charge in [-0.05, 0) is 23.4 Å². The van der Waals surface area contributed by atoms with Gasteiger partial charge in [-0.1, -0.05) is 31.9 Å². The molecule has 0 N–H and O–H groups in total. The molecule has 7 heavy (non-hydrogen) atoms. The summed E-state index contributed by atoms with van der Waals surface area (Å²) in [4.78, 5) is 2.68. The first-order valence-electron chi connectivity index (χ1n) is 2.28. The van der Waals surface area contributed by atoms with Crippen molar-refractivity contribution in [3.8, 4) is 0 Å². The minimum absolute atomic E-state index is 0.673. The summed E-state index contributed by atoms with van der Waals surface area (Å²) in [7, 11) is 0. The molecule has 0 nitrogen and oxygen atoms in total. The van der Waals surface area contributed by atoms with Gasteiger partial charge in [0.2, 0.25) is 0 Å². The Labute approximate surface area is 60.2 Å². The van der Waals surface area contributed by atoms with Gasteiger partial charge in [-0.25, -0.2) is 0 Å². The molecule has 0 radical (unpaired) electrons. The predicted molar refractivity (Wildman–Crippen MR) is 39.0 cm³/mol. The monoisotopic (exact) mass is 224 g/mol. The Hall–Kier alpha value is 0.700. The van der Waals surface area contributed by atoms with E-state index in [2.05, 4.69) is 31.9 Å². The van der Waals surface area contributed by atoms with Crippen LogP contribution in [0.5, 0.6) is 0 Å². The van der Waals surface area contributed by atoms with Crippen LogP contribution < -0.4 is 0 Å². The maximum absolute atomic E-state index is 3.49. The zero-order chi connectivity index (χ0) is 5.28. The molecule has 2 heteroatoms. The summed E-state index contributed by atoms with van der Waals surface area (Å²) in [5, 5.41) is 0. The molecule has 0 saturated heterocycles. The van der Waals surface area contributed by atoms with Crippen molar-refractivity contribution in [2.45, 2.75) is 17.7 Å². The van der Waals surface area contributed by atoms with E-state index in [0.29, 0.717) is 4.83 Å². The maximum Gasteiger partial charge on any atom is 0.0365 e. The Morgan fingerprint density at radius 2 is 2.43 bits per heavy atom. The Kier molecular flexibility index (Phi) is 1.93. The Morgan fingerprint density at radius 3 is 2.43 bits per heavy atom. The van der Waals surface area contributed by atoms with Crippen molar-refractivity contribution in [3.63, 3.8) is 0 Å². The average Bonchev–Trinajstić information content (AvgIpc) is 1.65. The van der Waals surface area contributed by atoms with Crippen molar-refractivity contribution in [2.24, 2.45) is 0 Å². The molecule has 40 valence electrons.